The van der Waals surface area contributed by atoms with Crippen LogP contribution in [0, 0.1) is 11.7 Å². The normalized spacial score (nSPS) is 17.8. The van der Waals surface area contributed by atoms with E-state index in [0.717, 1.165) is 25.1 Å². The van der Waals surface area contributed by atoms with Crippen molar-refractivity contribution < 1.29 is 22.4 Å². The maximum Gasteiger partial charge on any atom is 0.416 e. The third-order valence-electron chi connectivity index (χ3n) is 4.95. The molecule has 0 bridgehead atoms. The first-order chi connectivity index (χ1) is 12.9. The lowest BCUT2D eigenvalue weighted by atomic mass is 9.90. The quantitative estimate of drug-likeness (QED) is 0.719. The molecule has 2 heterocycles. The molecule has 0 unspecified atom stereocenters. The summed E-state index contributed by atoms with van der Waals surface area (Å²) in [4.78, 5) is 17.8. The van der Waals surface area contributed by atoms with E-state index in [9.17, 15) is 22.4 Å². The van der Waals surface area contributed by atoms with E-state index in [0.29, 0.717) is 25.9 Å². The second-order valence-corrected chi connectivity index (χ2v) is 6.81. The van der Waals surface area contributed by atoms with E-state index in [1.54, 1.807) is 11.0 Å². The Bertz CT molecular complexity index is 807. The van der Waals surface area contributed by atoms with Crippen LogP contribution in [0.2, 0.25) is 0 Å². The van der Waals surface area contributed by atoms with Crippen molar-refractivity contribution >= 4 is 5.91 Å². The molecule has 27 heavy (non-hydrogen) atoms. The number of pyridine rings is 1. The van der Waals surface area contributed by atoms with Crippen LogP contribution in [-0.4, -0.2) is 28.9 Å². The summed E-state index contributed by atoms with van der Waals surface area (Å²) in [5.41, 5.74) is -0.353. The van der Waals surface area contributed by atoms with E-state index in [4.69, 9.17) is 0 Å². The molecule has 0 radical (unpaired) electrons. The number of halogens is 4. The smallest absolute Gasteiger partial charge is 0.338 e. The van der Waals surface area contributed by atoms with Crippen molar-refractivity contribution in [3.8, 4) is 0 Å². The van der Waals surface area contributed by atoms with Gasteiger partial charge in [0.1, 0.15) is 0 Å². The Morgan fingerprint density at radius 1 is 1.22 bits per heavy atom. The van der Waals surface area contributed by atoms with Gasteiger partial charge in [0.15, 0.2) is 5.82 Å². The molecule has 2 aromatic rings. The predicted molar refractivity (Wildman–Crippen MR) is 92.6 cm³/mol. The number of carbonyl (C=O) groups is 1. The van der Waals surface area contributed by atoms with Crippen LogP contribution < -0.4 is 0 Å². The molecule has 1 amide bonds. The van der Waals surface area contributed by atoms with E-state index in [1.165, 1.54) is 24.4 Å². The Morgan fingerprint density at radius 3 is 2.74 bits per heavy atom. The molecule has 0 saturated carbocycles. The highest BCUT2D eigenvalue weighted by Crippen LogP contribution is 2.33. The first-order valence-corrected chi connectivity index (χ1v) is 8.90. The van der Waals surface area contributed by atoms with Gasteiger partial charge in [-0.2, -0.15) is 13.2 Å². The number of carbonyl (C=O) groups excluding carboxylic acids is 1. The number of nitrogens with zero attached hydrogens (tertiary/aromatic N) is 2. The van der Waals surface area contributed by atoms with E-state index >= 15 is 0 Å². The SMILES string of the molecule is O=C(c1ccncc1F)N1CCC[C@H](CCc2ccccc2C(F)(F)F)C1. The molecule has 1 saturated heterocycles. The van der Waals surface area contributed by atoms with Crippen LogP contribution in [0.5, 0.6) is 0 Å². The summed E-state index contributed by atoms with van der Waals surface area (Å²) in [6.45, 7) is 0.949. The summed E-state index contributed by atoms with van der Waals surface area (Å²) in [5, 5.41) is 0. The first-order valence-electron chi connectivity index (χ1n) is 8.90. The van der Waals surface area contributed by atoms with Crippen LogP contribution >= 0.6 is 0 Å². The van der Waals surface area contributed by atoms with Gasteiger partial charge in [0, 0.05) is 19.3 Å². The van der Waals surface area contributed by atoms with Crippen molar-refractivity contribution in [3.05, 3.63) is 65.2 Å². The van der Waals surface area contributed by atoms with Crippen molar-refractivity contribution in [2.75, 3.05) is 13.1 Å². The van der Waals surface area contributed by atoms with Gasteiger partial charge < -0.3 is 4.90 Å². The zero-order valence-electron chi connectivity index (χ0n) is 14.7. The minimum Gasteiger partial charge on any atom is -0.338 e. The molecule has 0 aliphatic carbocycles. The lowest BCUT2D eigenvalue weighted by Crippen LogP contribution is -2.40. The van der Waals surface area contributed by atoms with Gasteiger partial charge in [0.25, 0.3) is 5.91 Å². The minimum atomic E-state index is -4.37. The molecule has 144 valence electrons. The molecular formula is C20H20F4N2O. The van der Waals surface area contributed by atoms with Gasteiger partial charge >= 0.3 is 6.18 Å². The Kier molecular flexibility index (Phi) is 5.77. The number of benzene rings is 1. The van der Waals surface area contributed by atoms with Crippen LogP contribution in [0.1, 0.15) is 40.7 Å². The van der Waals surface area contributed by atoms with Crippen molar-refractivity contribution in [1.82, 2.24) is 9.88 Å². The van der Waals surface area contributed by atoms with Gasteiger partial charge in [-0.15, -0.1) is 0 Å². The molecule has 0 N–H and O–H groups in total. The molecule has 7 heteroatoms. The Labute approximate surface area is 155 Å². The number of hydrogen-bond acceptors (Lipinski definition) is 2. The fourth-order valence-electron chi connectivity index (χ4n) is 3.58. The van der Waals surface area contributed by atoms with E-state index in [-0.39, 0.29) is 17.0 Å². The zero-order chi connectivity index (χ0) is 19.4. The molecule has 1 fully saturated rings. The van der Waals surface area contributed by atoms with Crippen molar-refractivity contribution in [2.45, 2.75) is 31.9 Å². The summed E-state index contributed by atoms with van der Waals surface area (Å²) in [5.74, 6) is -0.965. The number of hydrogen-bond donors (Lipinski definition) is 0. The molecular weight excluding hydrogens is 360 g/mol. The Hall–Kier alpha value is -2.44. The zero-order valence-corrected chi connectivity index (χ0v) is 14.7. The molecule has 1 aliphatic heterocycles. The average Bonchev–Trinajstić information content (AvgIpc) is 2.66. The Morgan fingerprint density at radius 2 is 2.00 bits per heavy atom. The summed E-state index contributed by atoms with van der Waals surface area (Å²) in [7, 11) is 0. The highest BCUT2D eigenvalue weighted by atomic mass is 19.4. The highest BCUT2D eigenvalue weighted by molar-refractivity contribution is 5.94. The van der Waals surface area contributed by atoms with Gasteiger partial charge in [0.05, 0.1) is 17.3 Å². The van der Waals surface area contributed by atoms with Crippen LogP contribution in [0.25, 0.3) is 0 Å². The topological polar surface area (TPSA) is 33.2 Å². The maximum atomic E-state index is 13.8. The lowest BCUT2D eigenvalue weighted by molar-refractivity contribution is -0.138. The number of amides is 1. The number of piperidine rings is 1. The standard InChI is InChI=1S/C20H20F4N2O/c21-18-12-25-10-9-16(18)19(27)26-11-3-4-14(13-26)7-8-15-5-1-2-6-17(15)20(22,23)24/h1-2,5-6,9-10,12,14H,3-4,7-8,11,13H2/t14-/m1/s1. The fraction of sp³-hybridized carbons (Fsp3) is 0.400. The third-order valence-corrected chi connectivity index (χ3v) is 4.95. The second-order valence-electron chi connectivity index (χ2n) is 6.81. The van der Waals surface area contributed by atoms with Crippen LogP contribution in [0.15, 0.2) is 42.7 Å². The molecule has 1 aromatic carbocycles. The largest absolute Gasteiger partial charge is 0.416 e. The maximum absolute atomic E-state index is 13.8. The number of alkyl halides is 3. The molecule has 0 spiro atoms. The van der Waals surface area contributed by atoms with Crippen molar-refractivity contribution in [3.63, 3.8) is 0 Å². The van der Waals surface area contributed by atoms with Gasteiger partial charge in [0.2, 0.25) is 0 Å². The molecule has 1 atom stereocenters. The number of aromatic nitrogens is 1. The van der Waals surface area contributed by atoms with Gasteiger partial charge in [-0.1, -0.05) is 18.2 Å². The Balaban J connectivity index is 1.65. The average molecular weight is 380 g/mol. The summed E-state index contributed by atoms with van der Waals surface area (Å²) >= 11 is 0. The summed E-state index contributed by atoms with van der Waals surface area (Å²) in [6.07, 6.45) is 0.446. The predicted octanol–water partition coefficient (Wildman–Crippen LogP) is 4.72. The number of likely N-dealkylation sites (tertiary alicyclic amines) is 1. The van der Waals surface area contributed by atoms with E-state index in [2.05, 4.69) is 4.98 Å². The molecule has 1 aromatic heterocycles. The van der Waals surface area contributed by atoms with E-state index in [1.807, 2.05) is 0 Å². The summed E-state index contributed by atoms with van der Waals surface area (Å²) in [6, 6.07) is 6.93. The number of rotatable bonds is 4. The second kappa shape index (κ2) is 8.06. The molecule has 3 nitrogen and oxygen atoms in total. The van der Waals surface area contributed by atoms with Gasteiger partial charge in [-0.05, 0) is 49.3 Å². The van der Waals surface area contributed by atoms with Crippen molar-refractivity contribution in [2.24, 2.45) is 5.92 Å². The minimum absolute atomic E-state index is 0.0203. The summed E-state index contributed by atoms with van der Waals surface area (Å²) < 4.78 is 53.1. The molecule has 1 aliphatic rings. The lowest BCUT2D eigenvalue weighted by Gasteiger charge is -2.33. The van der Waals surface area contributed by atoms with Crippen LogP contribution in [-0.2, 0) is 12.6 Å². The van der Waals surface area contributed by atoms with Gasteiger partial charge in [-0.25, -0.2) is 4.39 Å². The monoisotopic (exact) mass is 380 g/mol. The van der Waals surface area contributed by atoms with Crippen molar-refractivity contribution in [1.29, 1.82) is 0 Å². The van der Waals surface area contributed by atoms with Gasteiger partial charge in [-0.3, -0.25) is 9.78 Å². The highest BCUT2D eigenvalue weighted by Gasteiger charge is 2.33. The number of aryl methyl sites for hydroxylation is 1. The third kappa shape index (κ3) is 4.64. The van der Waals surface area contributed by atoms with E-state index < -0.39 is 23.5 Å². The van der Waals surface area contributed by atoms with Crippen LogP contribution in [0.3, 0.4) is 0 Å². The first kappa shape index (κ1) is 19.3. The molecule has 3 rings (SSSR count). The van der Waals surface area contributed by atoms with Crippen LogP contribution in [0.4, 0.5) is 17.6 Å². The fourth-order valence-corrected chi connectivity index (χ4v) is 3.58.